The summed E-state index contributed by atoms with van der Waals surface area (Å²) in [5.41, 5.74) is 2.24. The van der Waals surface area contributed by atoms with Crippen molar-refractivity contribution in [1.82, 2.24) is 0 Å². The first kappa shape index (κ1) is 11.5. The zero-order valence-corrected chi connectivity index (χ0v) is 9.69. The molecule has 1 atom stereocenters. The predicted octanol–water partition coefficient (Wildman–Crippen LogP) is 2.91. The molecule has 0 saturated carbocycles. The fraction of sp³-hybridized carbons (Fsp3) is 0.385. The number of nitro groups is 1. The van der Waals surface area contributed by atoms with Gasteiger partial charge in [-0.1, -0.05) is 0 Å². The van der Waals surface area contributed by atoms with Crippen LogP contribution in [-0.2, 0) is 0 Å². The molecule has 0 saturated heterocycles. The first-order valence-electron chi connectivity index (χ1n) is 5.64. The van der Waals surface area contributed by atoms with Crippen molar-refractivity contribution in [3.05, 3.63) is 33.9 Å². The lowest BCUT2D eigenvalue weighted by atomic mass is 9.96. The normalized spacial score (nSPS) is 16.6. The lowest BCUT2D eigenvalue weighted by Gasteiger charge is -2.07. The smallest absolute Gasteiger partial charge is 0.269 e. The first-order chi connectivity index (χ1) is 8.22. The van der Waals surface area contributed by atoms with Crippen LogP contribution in [0.3, 0.4) is 0 Å². The number of fused-ring (bicyclic) bond motifs is 1. The summed E-state index contributed by atoms with van der Waals surface area (Å²) in [5.74, 6) is 6.24. The zero-order chi connectivity index (χ0) is 12.3. The molecule has 2 rings (SSSR count). The Labute approximate surface area is 100 Å². The highest BCUT2D eigenvalue weighted by molar-refractivity contribution is 5.61. The fourth-order valence-corrected chi connectivity index (χ4v) is 2.13. The molecule has 1 aliphatic rings. The van der Waals surface area contributed by atoms with Crippen molar-refractivity contribution in [1.29, 1.82) is 0 Å². The molecule has 0 radical (unpaired) electrons. The monoisotopic (exact) mass is 230 g/mol. The number of hydrogen-bond acceptors (Lipinski definition) is 3. The van der Waals surface area contributed by atoms with Crippen molar-refractivity contribution in [3.63, 3.8) is 0 Å². The number of nitro benzene ring substituents is 1. The number of hydrogen-bond donors (Lipinski definition) is 1. The van der Waals surface area contributed by atoms with Crippen LogP contribution in [0.15, 0.2) is 18.2 Å². The second-order valence-corrected chi connectivity index (χ2v) is 4.07. The van der Waals surface area contributed by atoms with E-state index < -0.39 is 0 Å². The van der Waals surface area contributed by atoms with Crippen LogP contribution in [0.2, 0.25) is 0 Å². The molecule has 0 aliphatic carbocycles. The van der Waals surface area contributed by atoms with E-state index in [0.29, 0.717) is 5.92 Å². The minimum Gasteiger partial charge on any atom is -0.384 e. The molecular formula is C13H14N2O2. The molecule has 1 heterocycles. The average molecular weight is 230 g/mol. The summed E-state index contributed by atoms with van der Waals surface area (Å²) in [6.45, 7) is 2.67. The third kappa shape index (κ3) is 2.39. The number of anilines is 1. The van der Waals surface area contributed by atoms with E-state index in [1.165, 1.54) is 0 Å². The zero-order valence-electron chi connectivity index (χ0n) is 9.69. The van der Waals surface area contributed by atoms with E-state index in [4.69, 9.17) is 0 Å². The van der Waals surface area contributed by atoms with Gasteiger partial charge in [0.15, 0.2) is 0 Å². The van der Waals surface area contributed by atoms with Gasteiger partial charge in [-0.05, 0) is 25.0 Å². The van der Waals surface area contributed by atoms with Crippen LogP contribution in [0.4, 0.5) is 11.4 Å². The second-order valence-electron chi connectivity index (χ2n) is 4.07. The summed E-state index contributed by atoms with van der Waals surface area (Å²) in [6.07, 6.45) is 1.78. The highest BCUT2D eigenvalue weighted by atomic mass is 16.6. The Morgan fingerprint density at radius 2 is 2.41 bits per heavy atom. The lowest BCUT2D eigenvalue weighted by molar-refractivity contribution is -0.384. The summed E-state index contributed by atoms with van der Waals surface area (Å²) in [6, 6.07) is 5.01. The van der Waals surface area contributed by atoms with E-state index >= 15 is 0 Å². The molecule has 88 valence electrons. The number of nitrogens with one attached hydrogen (secondary N) is 1. The summed E-state index contributed by atoms with van der Waals surface area (Å²) in [7, 11) is 0. The molecule has 1 aromatic rings. The first-order valence-corrected chi connectivity index (χ1v) is 5.64. The van der Waals surface area contributed by atoms with Gasteiger partial charge in [0.2, 0.25) is 0 Å². The van der Waals surface area contributed by atoms with Crippen molar-refractivity contribution in [3.8, 4) is 11.8 Å². The maximum atomic E-state index is 10.7. The minimum absolute atomic E-state index is 0.166. The van der Waals surface area contributed by atoms with E-state index in [9.17, 15) is 10.1 Å². The van der Waals surface area contributed by atoms with Gasteiger partial charge < -0.3 is 5.32 Å². The molecular weight excluding hydrogens is 216 g/mol. The maximum absolute atomic E-state index is 10.7. The molecule has 4 nitrogen and oxygen atoms in total. The van der Waals surface area contributed by atoms with Crippen LogP contribution < -0.4 is 5.32 Å². The van der Waals surface area contributed by atoms with E-state index in [2.05, 4.69) is 17.2 Å². The van der Waals surface area contributed by atoms with Gasteiger partial charge in [-0.2, -0.15) is 0 Å². The Hall–Kier alpha value is -2.02. The largest absolute Gasteiger partial charge is 0.384 e. The van der Waals surface area contributed by atoms with Gasteiger partial charge >= 0.3 is 0 Å². The van der Waals surface area contributed by atoms with Crippen molar-refractivity contribution >= 4 is 11.4 Å². The quantitative estimate of drug-likeness (QED) is 0.493. The molecule has 0 fully saturated rings. The van der Waals surface area contributed by atoms with Gasteiger partial charge in [-0.15, -0.1) is 11.8 Å². The van der Waals surface area contributed by atoms with Crippen LogP contribution >= 0.6 is 0 Å². The molecule has 1 aromatic carbocycles. The molecule has 1 aliphatic heterocycles. The van der Waals surface area contributed by atoms with E-state index in [-0.39, 0.29) is 10.6 Å². The minimum atomic E-state index is -0.346. The van der Waals surface area contributed by atoms with Gasteiger partial charge in [0.25, 0.3) is 5.69 Å². The van der Waals surface area contributed by atoms with Crippen LogP contribution in [0.25, 0.3) is 0 Å². The Bertz CT molecular complexity index is 500. The molecule has 1 N–H and O–H groups in total. The molecule has 0 aromatic heterocycles. The van der Waals surface area contributed by atoms with Gasteiger partial charge in [-0.3, -0.25) is 10.1 Å². The second kappa shape index (κ2) is 4.88. The molecule has 17 heavy (non-hydrogen) atoms. The average Bonchev–Trinajstić information content (AvgIpc) is 2.72. The third-order valence-corrected chi connectivity index (χ3v) is 3.02. The highest BCUT2D eigenvalue weighted by Crippen LogP contribution is 2.36. The molecule has 1 unspecified atom stereocenters. The van der Waals surface area contributed by atoms with E-state index in [1.807, 2.05) is 6.92 Å². The Kier molecular flexibility index (Phi) is 3.29. The predicted molar refractivity (Wildman–Crippen MR) is 67.0 cm³/mol. The maximum Gasteiger partial charge on any atom is 0.269 e. The number of benzene rings is 1. The van der Waals surface area contributed by atoms with Gasteiger partial charge in [0, 0.05) is 36.7 Å². The molecule has 0 bridgehead atoms. The van der Waals surface area contributed by atoms with E-state index in [0.717, 1.165) is 30.6 Å². The summed E-state index contributed by atoms with van der Waals surface area (Å²) in [5, 5.41) is 14.0. The topological polar surface area (TPSA) is 55.2 Å². The molecule has 4 heteroatoms. The van der Waals surface area contributed by atoms with E-state index in [1.54, 1.807) is 18.2 Å². The number of rotatable bonds is 3. The number of nitrogens with zero attached hydrogens (tertiary/aromatic N) is 1. The molecule has 0 spiro atoms. The third-order valence-electron chi connectivity index (χ3n) is 3.02. The lowest BCUT2D eigenvalue weighted by Crippen LogP contribution is -2.01. The van der Waals surface area contributed by atoms with Gasteiger partial charge in [-0.25, -0.2) is 0 Å². The van der Waals surface area contributed by atoms with Crippen LogP contribution in [0.5, 0.6) is 0 Å². The Balaban J connectivity index is 2.19. The van der Waals surface area contributed by atoms with Crippen molar-refractivity contribution in [2.45, 2.75) is 25.7 Å². The van der Waals surface area contributed by atoms with Gasteiger partial charge in [0.1, 0.15) is 0 Å². The molecule has 0 amide bonds. The van der Waals surface area contributed by atoms with Gasteiger partial charge in [0.05, 0.1) is 4.92 Å². The summed E-state index contributed by atoms with van der Waals surface area (Å²) >= 11 is 0. The van der Waals surface area contributed by atoms with Crippen molar-refractivity contribution in [2.24, 2.45) is 0 Å². The van der Waals surface area contributed by atoms with Crippen LogP contribution in [0, 0.1) is 22.0 Å². The Morgan fingerprint density at radius 3 is 3.12 bits per heavy atom. The fourth-order valence-electron chi connectivity index (χ4n) is 2.13. The number of non-ortho nitro benzene ring substituents is 1. The standard InChI is InChI=1S/C13H14N2O2/c1-2-3-4-5-10-9-14-13-7-6-11(15(16)17)8-12(10)13/h6-8,10,14H,4-5,9H2,1H3. The SMILES string of the molecule is CC#CCCC1CNc2ccc([N+](=O)[O-])cc21. The highest BCUT2D eigenvalue weighted by Gasteiger charge is 2.23. The summed E-state index contributed by atoms with van der Waals surface area (Å²) in [4.78, 5) is 10.4. The van der Waals surface area contributed by atoms with Crippen molar-refractivity contribution in [2.75, 3.05) is 11.9 Å². The Morgan fingerprint density at radius 1 is 1.59 bits per heavy atom. The van der Waals surface area contributed by atoms with Crippen LogP contribution in [0.1, 0.15) is 31.2 Å². The summed E-state index contributed by atoms with van der Waals surface area (Å²) < 4.78 is 0. The van der Waals surface area contributed by atoms with Crippen LogP contribution in [-0.4, -0.2) is 11.5 Å². The van der Waals surface area contributed by atoms with Crippen molar-refractivity contribution < 1.29 is 4.92 Å².